The van der Waals surface area contributed by atoms with Gasteiger partial charge in [0.2, 0.25) is 0 Å². The third-order valence-electron chi connectivity index (χ3n) is 3.62. The Hall–Kier alpha value is -3.13. The van der Waals surface area contributed by atoms with Crippen molar-refractivity contribution in [1.82, 2.24) is 0 Å². The van der Waals surface area contributed by atoms with E-state index in [1.807, 2.05) is 13.0 Å². The zero-order valence-corrected chi connectivity index (χ0v) is 15.4. The minimum atomic E-state index is -0.699. The van der Waals surface area contributed by atoms with Crippen LogP contribution in [-0.4, -0.2) is 30.5 Å². The summed E-state index contributed by atoms with van der Waals surface area (Å²) in [5.41, 5.74) is 1.22. The number of aryl methyl sites for hydroxylation is 1. The van der Waals surface area contributed by atoms with Gasteiger partial charge in [0.1, 0.15) is 11.4 Å². The van der Waals surface area contributed by atoms with Crippen LogP contribution in [0.1, 0.15) is 11.1 Å². The second-order valence-corrected chi connectivity index (χ2v) is 6.04. The summed E-state index contributed by atoms with van der Waals surface area (Å²) < 4.78 is 10.1. The molecular weight excluding hydrogens is 376 g/mol. The number of nitro groups is 1. The molecule has 0 aromatic heterocycles. The van der Waals surface area contributed by atoms with Gasteiger partial charge in [-0.15, -0.1) is 0 Å². The van der Waals surface area contributed by atoms with E-state index in [2.05, 4.69) is 5.32 Å². The molecule has 2 rings (SSSR count). The number of esters is 1. The molecule has 2 aromatic rings. The van der Waals surface area contributed by atoms with Crippen molar-refractivity contribution in [3.05, 3.63) is 62.7 Å². The average molecular weight is 393 g/mol. The summed E-state index contributed by atoms with van der Waals surface area (Å²) >= 11 is 5.71. The van der Waals surface area contributed by atoms with Crippen LogP contribution in [0.5, 0.6) is 5.75 Å². The first-order chi connectivity index (χ1) is 12.8. The number of anilines is 1. The van der Waals surface area contributed by atoms with Crippen molar-refractivity contribution in [2.24, 2.45) is 0 Å². The molecule has 0 atom stereocenters. The van der Waals surface area contributed by atoms with Crippen LogP contribution in [0.3, 0.4) is 0 Å². The molecule has 0 aliphatic heterocycles. The number of halogens is 1. The molecule has 0 saturated heterocycles. The molecule has 1 amide bonds. The van der Waals surface area contributed by atoms with Crippen molar-refractivity contribution >= 4 is 34.9 Å². The van der Waals surface area contributed by atoms with E-state index in [1.165, 1.54) is 19.2 Å². The quantitative estimate of drug-likeness (QED) is 0.440. The molecule has 0 unspecified atom stereocenters. The number of nitrogens with zero attached hydrogens (tertiary/aromatic N) is 1. The lowest BCUT2D eigenvalue weighted by Gasteiger charge is -2.09. The summed E-state index contributed by atoms with van der Waals surface area (Å²) in [5, 5.41) is 13.5. The van der Waals surface area contributed by atoms with Gasteiger partial charge in [0, 0.05) is 11.1 Å². The minimum absolute atomic E-state index is 0.0336. The van der Waals surface area contributed by atoms with Crippen LogP contribution in [0.2, 0.25) is 5.02 Å². The fourth-order valence-corrected chi connectivity index (χ4v) is 2.45. The summed E-state index contributed by atoms with van der Waals surface area (Å²) in [6, 6.07) is 9.12. The van der Waals surface area contributed by atoms with Crippen LogP contribution in [0.4, 0.5) is 11.4 Å². The van der Waals surface area contributed by atoms with Crippen LogP contribution in [0, 0.1) is 17.0 Å². The summed E-state index contributed by atoms with van der Waals surface area (Å²) in [7, 11) is 1.53. The van der Waals surface area contributed by atoms with Gasteiger partial charge in [-0.2, -0.15) is 0 Å². The molecule has 2 aromatic carbocycles. The van der Waals surface area contributed by atoms with Gasteiger partial charge in [0.25, 0.3) is 11.6 Å². The van der Waals surface area contributed by atoms with E-state index in [0.29, 0.717) is 11.3 Å². The first kappa shape index (κ1) is 20.2. The molecule has 0 bridgehead atoms. The molecule has 8 nitrogen and oxygen atoms in total. The maximum atomic E-state index is 11.9. The fraction of sp³-hybridized carbons (Fsp3) is 0.222. The van der Waals surface area contributed by atoms with Crippen LogP contribution >= 0.6 is 11.6 Å². The Morgan fingerprint density at radius 1 is 1.22 bits per heavy atom. The van der Waals surface area contributed by atoms with E-state index in [-0.39, 0.29) is 22.8 Å². The highest BCUT2D eigenvalue weighted by molar-refractivity contribution is 6.31. The Labute approximate surface area is 160 Å². The highest BCUT2D eigenvalue weighted by Crippen LogP contribution is 2.27. The van der Waals surface area contributed by atoms with Gasteiger partial charge in [-0.25, -0.2) is 0 Å². The molecule has 1 N–H and O–H groups in total. The average Bonchev–Trinajstić information content (AvgIpc) is 2.63. The van der Waals surface area contributed by atoms with Crippen molar-refractivity contribution in [3.63, 3.8) is 0 Å². The molecule has 27 heavy (non-hydrogen) atoms. The summed E-state index contributed by atoms with van der Waals surface area (Å²) in [6.45, 7) is 1.31. The summed E-state index contributed by atoms with van der Waals surface area (Å²) in [6.07, 6.45) is -0.0367. The number of carbonyl (C=O) groups excluding carboxylic acids is 2. The Bertz CT molecular complexity index is 884. The number of hydrogen-bond donors (Lipinski definition) is 1. The number of rotatable bonds is 7. The maximum absolute atomic E-state index is 11.9. The SMILES string of the molecule is COc1cc(CC(=O)OCC(=O)Nc2ccc(Cl)cc2[N+](=O)[O-])ccc1C. The van der Waals surface area contributed by atoms with E-state index in [1.54, 1.807) is 12.1 Å². The zero-order chi connectivity index (χ0) is 20.0. The molecule has 142 valence electrons. The van der Waals surface area contributed by atoms with Crippen LogP contribution in [0.25, 0.3) is 0 Å². The normalized spacial score (nSPS) is 10.2. The second kappa shape index (κ2) is 9.00. The Balaban J connectivity index is 1.92. The van der Waals surface area contributed by atoms with E-state index in [4.69, 9.17) is 21.1 Å². The molecule has 0 spiro atoms. The molecule has 0 aliphatic rings. The van der Waals surface area contributed by atoms with E-state index < -0.39 is 23.4 Å². The van der Waals surface area contributed by atoms with E-state index in [0.717, 1.165) is 11.6 Å². The van der Waals surface area contributed by atoms with Crippen molar-refractivity contribution in [2.45, 2.75) is 13.3 Å². The largest absolute Gasteiger partial charge is 0.496 e. The van der Waals surface area contributed by atoms with E-state index >= 15 is 0 Å². The van der Waals surface area contributed by atoms with Gasteiger partial charge in [-0.05, 0) is 36.2 Å². The topological polar surface area (TPSA) is 108 Å². The first-order valence-electron chi connectivity index (χ1n) is 7.83. The number of ether oxygens (including phenoxy) is 2. The highest BCUT2D eigenvalue weighted by atomic mass is 35.5. The third kappa shape index (κ3) is 5.68. The van der Waals surface area contributed by atoms with Gasteiger partial charge in [0.15, 0.2) is 6.61 Å². The van der Waals surface area contributed by atoms with Crippen molar-refractivity contribution in [3.8, 4) is 5.75 Å². The molecule has 0 radical (unpaired) electrons. The summed E-state index contributed by atoms with van der Waals surface area (Å²) in [4.78, 5) is 34.1. The number of nitro benzene ring substituents is 1. The molecule has 0 aliphatic carbocycles. The predicted molar refractivity (Wildman–Crippen MR) is 99.1 cm³/mol. The van der Waals surface area contributed by atoms with Crippen molar-refractivity contribution < 1.29 is 24.0 Å². The Morgan fingerprint density at radius 3 is 2.63 bits per heavy atom. The molecule has 0 heterocycles. The molecular formula is C18H17ClN2O6. The van der Waals surface area contributed by atoms with Crippen LogP contribution in [0.15, 0.2) is 36.4 Å². The van der Waals surface area contributed by atoms with E-state index in [9.17, 15) is 19.7 Å². The third-order valence-corrected chi connectivity index (χ3v) is 3.85. The number of amides is 1. The molecule has 9 heteroatoms. The fourth-order valence-electron chi connectivity index (χ4n) is 2.29. The van der Waals surface area contributed by atoms with Gasteiger partial charge >= 0.3 is 5.97 Å². The smallest absolute Gasteiger partial charge is 0.310 e. The number of benzene rings is 2. The van der Waals surface area contributed by atoms with Gasteiger partial charge in [0.05, 0.1) is 18.5 Å². The highest BCUT2D eigenvalue weighted by Gasteiger charge is 2.17. The number of carbonyl (C=O) groups is 2. The predicted octanol–water partition coefficient (Wildman–Crippen LogP) is 3.29. The lowest BCUT2D eigenvalue weighted by Crippen LogP contribution is -2.22. The summed E-state index contributed by atoms with van der Waals surface area (Å²) in [5.74, 6) is -0.662. The van der Waals surface area contributed by atoms with Crippen LogP contribution < -0.4 is 10.1 Å². The lowest BCUT2D eigenvalue weighted by molar-refractivity contribution is -0.383. The molecule has 0 saturated carbocycles. The van der Waals surface area contributed by atoms with Gasteiger partial charge in [-0.1, -0.05) is 23.7 Å². The monoisotopic (exact) mass is 392 g/mol. The van der Waals surface area contributed by atoms with Gasteiger partial charge in [-0.3, -0.25) is 19.7 Å². The van der Waals surface area contributed by atoms with Crippen molar-refractivity contribution in [1.29, 1.82) is 0 Å². The molecule has 0 fully saturated rings. The zero-order valence-electron chi connectivity index (χ0n) is 14.7. The standard InChI is InChI=1S/C18H17ClN2O6/c1-11-3-4-12(7-16(11)26-2)8-18(23)27-10-17(22)20-14-6-5-13(19)9-15(14)21(24)25/h3-7,9H,8,10H2,1-2H3,(H,20,22). The maximum Gasteiger partial charge on any atom is 0.310 e. The number of nitrogens with one attached hydrogen (secondary N) is 1. The lowest BCUT2D eigenvalue weighted by atomic mass is 10.1. The number of methoxy groups -OCH3 is 1. The first-order valence-corrected chi connectivity index (χ1v) is 8.21. The van der Waals surface area contributed by atoms with Gasteiger partial charge < -0.3 is 14.8 Å². The minimum Gasteiger partial charge on any atom is -0.496 e. The second-order valence-electron chi connectivity index (χ2n) is 5.61. The Kier molecular flexibility index (Phi) is 6.73. The van der Waals surface area contributed by atoms with Crippen molar-refractivity contribution in [2.75, 3.05) is 19.0 Å². The number of hydrogen-bond acceptors (Lipinski definition) is 6. The van der Waals surface area contributed by atoms with Crippen LogP contribution in [-0.2, 0) is 20.7 Å². The Morgan fingerprint density at radius 2 is 1.96 bits per heavy atom.